The number of fused-ring (bicyclic) bond motifs is 2. The number of hydrogen-bond acceptors (Lipinski definition) is 4. The second-order valence-corrected chi connectivity index (χ2v) is 7.23. The number of carbonyl (C=O) groups excluding carboxylic acids is 1. The number of benzene rings is 1. The molecule has 0 radical (unpaired) electrons. The lowest BCUT2D eigenvalue weighted by Gasteiger charge is -2.38. The van der Waals surface area contributed by atoms with E-state index in [1.807, 2.05) is 29.2 Å². The molecule has 4 aliphatic rings. The molecule has 2 bridgehead atoms. The Morgan fingerprint density at radius 2 is 2.17 bits per heavy atom. The van der Waals surface area contributed by atoms with Crippen LogP contribution in [0, 0.1) is 23.7 Å². The van der Waals surface area contributed by atoms with Crippen molar-refractivity contribution in [2.24, 2.45) is 23.7 Å². The summed E-state index contributed by atoms with van der Waals surface area (Å²) in [5.74, 6) is 1.22. The molecule has 0 unspecified atom stereocenters. The fourth-order valence-electron chi connectivity index (χ4n) is 5.90. The Bertz CT molecular complexity index is 691. The first kappa shape index (κ1) is 13.8. The lowest BCUT2D eigenvalue weighted by molar-refractivity contribution is -0.133. The van der Waals surface area contributed by atoms with Crippen LogP contribution in [-0.2, 0) is 9.53 Å². The summed E-state index contributed by atoms with van der Waals surface area (Å²) in [5.41, 5.74) is 0.156. The van der Waals surface area contributed by atoms with Gasteiger partial charge in [0.15, 0.2) is 5.72 Å². The zero-order valence-corrected chi connectivity index (χ0v) is 13.3. The molecule has 2 saturated heterocycles. The third-order valence-corrected chi connectivity index (χ3v) is 6.63. The van der Waals surface area contributed by atoms with Crippen LogP contribution in [0.2, 0.25) is 0 Å². The Balaban J connectivity index is 1.69. The van der Waals surface area contributed by atoms with E-state index < -0.39 is 11.8 Å². The van der Waals surface area contributed by atoms with Crippen LogP contribution in [0.25, 0.3) is 0 Å². The minimum atomic E-state index is -0.627. The van der Waals surface area contributed by atoms with Crippen molar-refractivity contribution in [2.75, 3.05) is 12.0 Å². The van der Waals surface area contributed by atoms with Crippen LogP contribution in [0.3, 0.4) is 0 Å². The van der Waals surface area contributed by atoms with Crippen molar-refractivity contribution >= 4 is 11.6 Å². The summed E-state index contributed by atoms with van der Waals surface area (Å²) < 4.78 is 11.9. The van der Waals surface area contributed by atoms with Crippen LogP contribution >= 0.6 is 0 Å². The molecule has 1 N–H and O–H groups in total. The topological polar surface area (TPSA) is 59.0 Å². The molecule has 23 heavy (non-hydrogen) atoms. The van der Waals surface area contributed by atoms with Crippen LogP contribution in [0.5, 0.6) is 5.75 Å². The van der Waals surface area contributed by atoms with Gasteiger partial charge in [0.25, 0.3) is 0 Å². The molecule has 0 aromatic heterocycles. The average Bonchev–Trinajstić information content (AvgIpc) is 3.23. The number of hydrogen-bond donors (Lipinski definition) is 1. The molecule has 0 spiro atoms. The average molecular weight is 315 g/mol. The second-order valence-electron chi connectivity index (χ2n) is 7.23. The summed E-state index contributed by atoms with van der Waals surface area (Å²) in [6.07, 6.45) is 1.05. The van der Waals surface area contributed by atoms with Gasteiger partial charge >= 0.3 is 0 Å². The summed E-state index contributed by atoms with van der Waals surface area (Å²) in [4.78, 5) is 15.1. The number of aliphatic hydroxyl groups is 1. The third kappa shape index (κ3) is 1.36. The summed E-state index contributed by atoms with van der Waals surface area (Å²) in [6.45, 7) is 2.07. The smallest absolute Gasteiger partial charge is 0.233 e. The van der Waals surface area contributed by atoms with Crippen molar-refractivity contribution in [3.63, 3.8) is 0 Å². The van der Waals surface area contributed by atoms with Gasteiger partial charge in [0, 0.05) is 5.92 Å². The van der Waals surface area contributed by atoms with Gasteiger partial charge < -0.3 is 14.6 Å². The van der Waals surface area contributed by atoms with Gasteiger partial charge in [-0.05, 0) is 36.8 Å². The number of amides is 1. The molecule has 2 aliphatic heterocycles. The van der Waals surface area contributed by atoms with Crippen LogP contribution in [0.4, 0.5) is 5.69 Å². The highest BCUT2D eigenvalue weighted by Crippen LogP contribution is 2.69. The minimum absolute atomic E-state index is 0.0515. The first-order valence-corrected chi connectivity index (χ1v) is 8.47. The number of aliphatic hydroxyl groups excluding tert-OH is 1. The maximum Gasteiger partial charge on any atom is 0.233 e. The number of para-hydroxylation sites is 2. The molecule has 2 saturated carbocycles. The van der Waals surface area contributed by atoms with Crippen molar-refractivity contribution in [3.8, 4) is 5.75 Å². The first-order valence-electron chi connectivity index (χ1n) is 8.47. The number of carbonyl (C=O) groups is 1. The fraction of sp³-hybridized carbons (Fsp3) is 0.611. The number of rotatable bonds is 3. The SMILES string of the molecule is CC[C@]12O[C@@H]3[C@H](O)[C@H]4C[C@H]3[C@@H]1[C@@H]4C(=O)N2c1ccccc1OC. The maximum atomic E-state index is 13.3. The largest absolute Gasteiger partial charge is 0.495 e. The number of ether oxygens (including phenoxy) is 2. The van der Waals surface area contributed by atoms with E-state index in [-0.39, 0.29) is 29.8 Å². The monoisotopic (exact) mass is 315 g/mol. The molecule has 2 heterocycles. The first-order chi connectivity index (χ1) is 11.1. The summed E-state index contributed by atoms with van der Waals surface area (Å²) in [6, 6.07) is 7.63. The van der Waals surface area contributed by atoms with Crippen LogP contribution in [-0.4, -0.2) is 36.1 Å². The number of anilines is 1. The van der Waals surface area contributed by atoms with Crippen LogP contribution in [0.1, 0.15) is 19.8 Å². The van der Waals surface area contributed by atoms with Crippen molar-refractivity contribution in [3.05, 3.63) is 24.3 Å². The highest BCUT2D eigenvalue weighted by Gasteiger charge is 2.78. The highest BCUT2D eigenvalue weighted by molar-refractivity contribution is 6.01. The van der Waals surface area contributed by atoms with E-state index in [1.165, 1.54) is 0 Å². The Labute approximate surface area is 135 Å². The van der Waals surface area contributed by atoms with E-state index in [0.717, 1.165) is 18.5 Å². The van der Waals surface area contributed by atoms with Crippen molar-refractivity contribution in [2.45, 2.75) is 37.7 Å². The molecule has 5 heteroatoms. The molecular formula is C18H21NO4. The number of nitrogens with zero attached hydrogens (tertiary/aromatic N) is 1. The summed E-state index contributed by atoms with van der Waals surface area (Å²) >= 11 is 0. The Kier molecular flexibility index (Phi) is 2.57. The van der Waals surface area contributed by atoms with Crippen molar-refractivity contribution in [1.29, 1.82) is 0 Å². The zero-order valence-electron chi connectivity index (χ0n) is 13.3. The minimum Gasteiger partial charge on any atom is -0.495 e. The molecule has 122 valence electrons. The molecule has 2 aliphatic carbocycles. The fourth-order valence-corrected chi connectivity index (χ4v) is 5.90. The third-order valence-electron chi connectivity index (χ3n) is 6.63. The Hall–Kier alpha value is -1.59. The van der Waals surface area contributed by atoms with E-state index in [4.69, 9.17) is 9.47 Å². The summed E-state index contributed by atoms with van der Waals surface area (Å²) in [7, 11) is 1.62. The number of methoxy groups -OCH3 is 1. The van der Waals surface area contributed by atoms with Crippen molar-refractivity contribution < 1.29 is 19.4 Å². The molecule has 7 atom stereocenters. The standard InChI is InChI=1S/C18H21NO4/c1-3-18-14-10-8-9(15(20)16(10)23-18)13(14)17(21)19(18)11-6-4-5-7-12(11)22-2/h4-7,9-10,13-16,20H,3,8H2,1-2H3/t9-,10-,13+,14+,15+,16-,18-/m0/s1. The van der Waals surface area contributed by atoms with Gasteiger partial charge in [-0.2, -0.15) is 0 Å². The van der Waals surface area contributed by atoms with E-state index in [1.54, 1.807) is 7.11 Å². The normalized spacial score (nSPS) is 46.0. The van der Waals surface area contributed by atoms with E-state index in [2.05, 4.69) is 6.92 Å². The Morgan fingerprint density at radius 1 is 1.39 bits per heavy atom. The van der Waals surface area contributed by atoms with Gasteiger partial charge in [0.1, 0.15) is 5.75 Å². The van der Waals surface area contributed by atoms with Crippen LogP contribution in [0.15, 0.2) is 24.3 Å². The molecular weight excluding hydrogens is 294 g/mol. The van der Waals surface area contributed by atoms with E-state index in [0.29, 0.717) is 11.7 Å². The molecule has 5 nitrogen and oxygen atoms in total. The van der Waals surface area contributed by atoms with Gasteiger partial charge in [0.05, 0.1) is 30.9 Å². The van der Waals surface area contributed by atoms with E-state index >= 15 is 0 Å². The van der Waals surface area contributed by atoms with Gasteiger partial charge in [-0.3, -0.25) is 9.69 Å². The van der Waals surface area contributed by atoms with Gasteiger partial charge in [-0.1, -0.05) is 19.1 Å². The molecule has 1 amide bonds. The van der Waals surface area contributed by atoms with Gasteiger partial charge in [-0.15, -0.1) is 0 Å². The molecule has 4 fully saturated rings. The highest BCUT2D eigenvalue weighted by atomic mass is 16.6. The molecule has 1 aromatic carbocycles. The van der Waals surface area contributed by atoms with E-state index in [9.17, 15) is 9.90 Å². The molecule has 1 aromatic rings. The maximum absolute atomic E-state index is 13.3. The lowest BCUT2D eigenvalue weighted by atomic mass is 9.76. The quantitative estimate of drug-likeness (QED) is 0.924. The Morgan fingerprint density at radius 3 is 2.91 bits per heavy atom. The lowest BCUT2D eigenvalue weighted by Crippen LogP contribution is -2.51. The predicted molar refractivity (Wildman–Crippen MR) is 83.0 cm³/mol. The predicted octanol–water partition coefficient (Wildman–Crippen LogP) is 1.79. The van der Waals surface area contributed by atoms with Gasteiger partial charge in [0.2, 0.25) is 5.91 Å². The van der Waals surface area contributed by atoms with Crippen LogP contribution < -0.4 is 9.64 Å². The zero-order chi connectivity index (χ0) is 15.9. The second kappa shape index (κ2) is 4.28. The van der Waals surface area contributed by atoms with Gasteiger partial charge in [-0.25, -0.2) is 0 Å². The van der Waals surface area contributed by atoms with Crippen molar-refractivity contribution in [1.82, 2.24) is 0 Å². The molecule has 5 rings (SSSR count). The summed E-state index contributed by atoms with van der Waals surface area (Å²) in [5, 5.41) is 10.5.